The zero-order valence-corrected chi connectivity index (χ0v) is 9.00. The van der Waals surface area contributed by atoms with Crippen molar-refractivity contribution in [3.63, 3.8) is 0 Å². The SMILES string of the molecule is CO[C@@H]1C[C@@H]2C[C@@H](C2(C)C)[C@]1(C)O. The van der Waals surface area contributed by atoms with Crippen molar-refractivity contribution >= 4 is 0 Å². The van der Waals surface area contributed by atoms with Crippen LogP contribution in [0.25, 0.3) is 0 Å². The Morgan fingerprint density at radius 1 is 1.23 bits per heavy atom. The van der Waals surface area contributed by atoms with Crippen molar-refractivity contribution < 1.29 is 9.84 Å². The minimum atomic E-state index is -0.618. The summed E-state index contributed by atoms with van der Waals surface area (Å²) in [5, 5.41) is 10.4. The van der Waals surface area contributed by atoms with Gasteiger partial charge in [0, 0.05) is 7.11 Å². The van der Waals surface area contributed by atoms with Crippen LogP contribution in [-0.4, -0.2) is 23.9 Å². The molecule has 0 aromatic rings. The summed E-state index contributed by atoms with van der Waals surface area (Å²) < 4.78 is 5.35. The molecule has 3 fully saturated rings. The lowest BCUT2D eigenvalue weighted by Crippen LogP contribution is -2.66. The molecule has 0 aromatic carbocycles. The van der Waals surface area contributed by atoms with Crippen LogP contribution in [0.4, 0.5) is 0 Å². The smallest absolute Gasteiger partial charge is 0.0913 e. The van der Waals surface area contributed by atoms with E-state index in [0.717, 1.165) is 12.3 Å². The largest absolute Gasteiger partial charge is 0.387 e. The van der Waals surface area contributed by atoms with E-state index in [1.807, 2.05) is 6.92 Å². The van der Waals surface area contributed by atoms with Crippen LogP contribution < -0.4 is 0 Å². The average Bonchev–Trinajstić information content (AvgIpc) is 2.01. The van der Waals surface area contributed by atoms with Gasteiger partial charge in [-0.2, -0.15) is 0 Å². The van der Waals surface area contributed by atoms with Crippen LogP contribution in [0.2, 0.25) is 0 Å². The number of ether oxygens (including phenoxy) is 1. The van der Waals surface area contributed by atoms with Crippen LogP contribution in [0.5, 0.6) is 0 Å². The Hall–Kier alpha value is -0.0800. The van der Waals surface area contributed by atoms with Gasteiger partial charge in [0.25, 0.3) is 0 Å². The van der Waals surface area contributed by atoms with Crippen molar-refractivity contribution in [2.24, 2.45) is 17.3 Å². The molecular weight excluding hydrogens is 164 g/mol. The second kappa shape index (κ2) is 2.48. The summed E-state index contributed by atoms with van der Waals surface area (Å²) in [5.74, 6) is 1.17. The van der Waals surface area contributed by atoms with Crippen molar-refractivity contribution in [1.29, 1.82) is 0 Å². The first-order chi connectivity index (χ1) is 5.90. The van der Waals surface area contributed by atoms with Gasteiger partial charge in [-0.25, -0.2) is 0 Å². The molecule has 3 aliphatic rings. The van der Waals surface area contributed by atoms with E-state index in [1.54, 1.807) is 7.11 Å². The third-order valence-corrected chi connectivity index (χ3v) is 4.61. The van der Waals surface area contributed by atoms with Crippen molar-refractivity contribution in [2.45, 2.75) is 45.3 Å². The fraction of sp³-hybridized carbons (Fsp3) is 1.00. The monoisotopic (exact) mass is 184 g/mol. The van der Waals surface area contributed by atoms with Gasteiger partial charge in [0.1, 0.15) is 0 Å². The Morgan fingerprint density at radius 3 is 2.23 bits per heavy atom. The van der Waals surface area contributed by atoms with Gasteiger partial charge in [0.05, 0.1) is 11.7 Å². The summed E-state index contributed by atoms with van der Waals surface area (Å²) in [7, 11) is 1.71. The van der Waals surface area contributed by atoms with E-state index in [2.05, 4.69) is 13.8 Å². The van der Waals surface area contributed by atoms with E-state index in [0.29, 0.717) is 11.3 Å². The fourth-order valence-electron chi connectivity index (χ4n) is 3.46. The molecule has 1 N–H and O–H groups in total. The van der Waals surface area contributed by atoms with E-state index in [4.69, 9.17) is 4.74 Å². The summed E-state index contributed by atoms with van der Waals surface area (Å²) in [6.07, 6.45) is 2.25. The van der Waals surface area contributed by atoms with Crippen LogP contribution >= 0.6 is 0 Å². The van der Waals surface area contributed by atoms with Gasteiger partial charge in [-0.3, -0.25) is 0 Å². The van der Waals surface area contributed by atoms with Crippen LogP contribution in [0.1, 0.15) is 33.6 Å². The number of methoxy groups -OCH3 is 1. The molecule has 2 bridgehead atoms. The summed E-state index contributed by atoms with van der Waals surface area (Å²) in [5.41, 5.74) is -0.300. The van der Waals surface area contributed by atoms with E-state index < -0.39 is 5.60 Å². The zero-order valence-electron chi connectivity index (χ0n) is 9.00. The molecule has 3 saturated carbocycles. The van der Waals surface area contributed by atoms with E-state index >= 15 is 0 Å². The molecule has 0 aliphatic heterocycles. The average molecular weight is 184 g/mol. The summed E-state index contributed by atoms with van der Waals surface area (Å²) in [6.45, 7) is 6.47. The molecule has 0 aromatic heterocycles. The lowest BCUT2D eigenvalue weighted by atomic mass is 9.43. The Labute approximate surface area is 80.3 Å². The van der Waals surface area contributed by atoms with Crippen molar-refractivity contribution in [3.05, 3.63) is 0 Å². The maximum absolute atomic E-state index is 10.4. The summed E-state index contributed by atoms with van der Waals surface area (Å²) in [6, 6.07) is 0. The van der Waals surface area contributed by atoms with Gasteiger partial charge in [-0.05, 0) is 37.0 Å². The molecule has 76 valence electrons. The molecule has 13 heavy (non-hydrogen) atoms. The molecule has 0 spiro atoms. The van der Waals surface area contributed by atoms with Gasteiger partial charge in [0.15, 0.2) is 0 Å². The minimum Gasteiger partial charge on any atom is -0.387 e. The Balaban J connectivity index is 2.23. The van der Waals surface area contributed by atoms with E-state index in [9.17, 15) is 5.11 Å². The van der Waals surface area contributed by atoms with Gasteiger partial charge >= 0.3 is 0 Å². The summed E-state index contributed by atoms with van der Waals surface area (Å²) in [4.78, 5) is 0. The second-order valence-corrected chi connectivity index (χ2v) is 5.49. The summed E-state index contributed by atoms with van der Waals surface area (Å²) >= 11 is 0. The first-order valence-electron chi connectivity index (χ1n) is 5.16. The standard InChI is InChI=1S/C11H20O2/c1-10(2)7-5-8(10)11(3,12)9(6-7)13-4/h7-9,12H,5-6H2,1-4H3/t7-,8-,9+,11-/m0/s1. The number of hydrogen-bond acceptors (Lipinski definition) is 2. The van der Waals surface area contributed by atoms with Crippen LogP contribution in [0.15, 0.2) is 0 Å². The van der Waals surface area contributed by atoms with Crippen molar-refractivity contribution in [2.75, 3.05) is 7.11 Å². The van der Waals surface area contributed by atoms with Gasteiger partial charge in [-0.15, -0.1) is 0 Å². The molecule has 0 unspecified atom stereocenters. The Kier molecular flexibility index (Phi) is 1.81. The highest BCUT2D eigenvalue weighted by atomic mass is 16.5. The predicted octanol–water partition coefficient (Wildman–Crippen LogP) is 1.82. The molecule has 2 nitrogen and oxygen atoms in total. The number of hydrogen-bond donors (Lipinski definition) is 1. The molecule has 3 rings (SSSR count). The van der Waals surface area contributed by atoms with Gasteiger partial charge in [-0.1, -0.05) is 13.8 Å². The maximum atomic E-state index is 10.4. The fourth-order valence-corrected chi connectivity index (χ4v) is 3.46. The maximum Gasteiger partial charge on any atom is 0.0913 e. The molecule has 0 radical (unpaired) electrons. The third kappa shape index (κ3) is 1.02. The molecular formula is C11H20O2. The van der Waals surface area contributed by atoms with Crippen LogP contribution in [0.3, 0.4) is 0 Å². The first kappa shape index (κ1) is 9.47. The first-order valence-corrected chi connectivity index (χ1v) is 5.16. The molecule has 3 aliphatic carbocycles. The van der Waals surface area contributed by atoms with Crippen LogP contribution in [0, 0.1) is 17.3 Å². The molecule has 0 heterocycles. The topological polar surface area (TPSA) is 29.5 Å². The second-order valence-electron chi connectivity index (χ2n) is 5.49. The zero-order chi connectivity index (χ0) is 9.85. The molecule has 0 amide bonds. The van der Waals surface area contributed by atoms with Gasteiger partial charge in [0.2, 0.25) is 0 Å². The number of aliphatic hydroxyl groups is 1. The van der Waals surface area contributed by atoms with E-state index in [1.165, 1.54) is 6.42 Å². The number of rotatable bonds is 1. The normalized spacial score (nSPS) is 52.8. The third-order valence-electron chi connectivity index (χ3n) is 4.61. The molecule has 0 saturated heterocycles. The quantitative estimate of drug-likeness (QED) is 0.673. The van der Waals surface area contributed by atoms with E-state index in [-0.39, 0.29) is 6.10 Å². The molecule has 4 atom stereocenters. The number of fused-ring (bicyclic) bond motifs is 2. The lowest BCUT2D eigenvalue weighted by molar-refractivity contribution is -0.251. The lowest BCUT2D eigenvalue weighted by Gasteiger charge is -2.64. The highest BCUT2D eigenvalue weighted by Gasteiger charge is 2.62. The van der Waals surface area contributed by atoms with Crippen molar-refractivity contribution in [1.82, 2.24) is 0 Å². The van der Waals surface area contributed by atoms with Crippen molar-refractivity contribution in [3.8, 4) is 0 Å². The predicted molar refractivity (Wildman–Crippen MR) is 51.4 cm³/mol. The van der Waals surface area contributed by atoms with Gasteiger partial charge < -0.3 is 9.84 Å². The minimum absolute atomic E-state index is 0.0456. The highest BCUT2D eigenvalue weighted by molar-refractivity contribution is 5.12. The Morgan fingerprint density at radius 2 is 1.85 bits per heavy atom. The Bertz CT molecular complexity index is 220. The van der Waals surface area contributed by atoms with Crippen LogP contribution in [-0.2, 0) is 4.74 Å². The highest BCUT2D eigenvalue weighted by Crippen LogP contribution is 2.62. The molecule has 2 heteroatoms.